The largest absolute Gasteiger partial charge is 0.497 e. The molecule has 1 saturated heterocycles. The van der Waals surface area contributed by atoms with Gasteiger partial charge in [0, 0.05) is 29.8 Å². The first-order chi connectivity index (χ1) is 11.1. The van der Waals surface area contributed by atoms with Gasteiger partial charge in [0.05, 0.1) is 7.11 Å². The number of methoxy groups -OCH3 is 1. The van der Waals surface area contributed by atoms with Gasteiger partial charge in [0.25, 0.3) is 0 Å². The molecule has 0 amide bonds. The molecule has 0 aliphatic carbocycles. The van der Waals surface area contributed by atoms with Crippen molar-refractivity contribution >= 4 is 17.3 Å². The minimum Gasteiger partial charge on any atom is -0.497 e. The van der Waals surface area contributed by atoms with Gasteiger partial charge in [0.1, 0.15) is 5.75 Å². The fraction of sp³-hybridized carbons (Fsp3) is 0.368. The second-order valence-corrected chi connectivity index (χ2v) is 6.74. The zero-order valence-electron chi connectivity index (χ0n) is 13.4. The van der Waals surface area contributed by atoms with Gasteiger partial charge in [-0.1, -0.05) is 29.8 Å². The predicted octanol–water partition coefficient (Wildman–Crippen LogP) is 3.74. The van der Waals surface area contributed by atoms with E-state index in [1.54, 1.807) is 7.11 Å². The van der Waals surface area contributed by atoms with Crippen molar-refractivity contribution in [3.8, 4) is 5.75 Å². The summed E-state index contributed by atoms with van der Waals surface area (Å²) < 4.78 is 5.22. The van der Waals surface area contributed by atoms with Crippen LogP contribution in [0.15, 0.2) is 48.5 Å². The first kappa shape index (κ1) is 16.2. The predicted molar refractivity (Wildman–Crippen MR) is 96.4 cm³/mol. The van der Waals surface area contributed by atoms with Crippen LogP contribution in [-0.2, 0) is 6.42 Å². The van der Waals surface area contributed by atoms with Crippen LogP contribution in [0.25, 0.3) is 0 Å². The van der Waals surface area contributed by atoms with Gasteiger partial charge in [-0.2, -0.15) is 0 Å². The van der Waals surface area contributed by atoms with Crippen LogP contribution in [0.5, 0.6) is 5.75 Å². The Labute approximate surface area is 143 Å². The molecule has 122 valence electrons. The highest BCUT2D eigenvalue weighted by Crippen LogP contribution is 2.27. The molecule has 2 aromatic rings. The lowest BCUT2D eigenvalue weighted by Gasteiger charge is -2.38. The highest BCUT2D eigenvalue weighted by Gasteiger charge is 2.25. The zero-order chi connectivity index (χ0) is 16.2. The molecule has 0 radical (unpaired) electrons. The van der Waals surface area contributed by atoms with E-state index in [4.69, 9.17) is 22.1 Å². The number of nitrogens with zero attached hydrogens (tertiary/aromatic N) is 1. The second kappa shape index (κ2) is 7.24. The van der Waals surface area contributed by atoms with Gasteiger partial charge >= 0.3 is 0 Å². The molecular weight excluding hydrogens is 308 g/mol. The highest BCUT2D eigenvalue weighted by molar-refractivity contribution is 6.30. The number of hydrogen-bond donors (Lipinski definition) is 1. The average molecular weight is 331 g/mol. The third-order valence-electron chi connectivity index (χ3n) is 4.43. The van der Waals surface area contributed by atoms with E-state index >= 15 is 0 Å². The zero-order valence-corrected chi connectivity index (χ0v) is 14.2. The molecule has 3 rings (SSSR count). The summed E-state index contributed by atoms with van der Waals surface area (Å²) in [7, 11) is 1.69. The van der Waals surface area contributed by atoms with Crippen LogP contribution in [0.3, 0.4) is 0 Å². The number of ether oxygens (including phenoxy) is 1. The summed E-state index contributed by atoms with van der Waals surface area (Å²) in [5.74, 6) is 1.45. The van der Waals surface area contributed by atoms with E-state index in [0.717, 1.165) is 42.4 Å². The highest BCUT2D eigenvalue weighted by atomic mass is 35.5. The molecule has 1 heterocycles. The Balaban J connectivity index is 1.70. The number of benzene rings is 2. The third kappa shape index (κ3) is 4.18. The lowest BCUT2D eigenvalue weighted by Crippen LogP contribution is -2.47. The Bertz CT molecular complexity index is 644. The molecule has 0 aromatic heterocycles. The first-order valence-corrected chi connectivity index (χ1v) is 8.41. The summed E-state index contributed by atoms with van der Waals surface area (Å²) in [4.78, 5) is 2.36. The quantitative estimate of drug-likeness (QED) is 0.928. The van der Waals surface area contributed by atoms with Crippen molar-refractivity contribution < 1.29 is 4.74 Å². The maximum Gasteiger partial charge on any atom is 0.118 e. The van der Waals surface area contributed by atoms with Gasteiger partial charge in [-0.05, 0) is 54.7 Å². The van der Waals surface area contributed by atoms with Crippen molar-refractivity contribution in [1.29, 1.82) is 0 Å². The minimum absolute atomic E-state index is 0.200. The van der Waals surface area contributed by atoms with Gasteiger partial charge in [0.15, 0.2) is 0 Å². The van der Waals surface area contributed by atoms with E-state index < -0.39 is 0 Å². The number of piperidine rings is 1. The van der Waals surface area contributed by atoms with Crippen LogP contribution in [0.2, 0.25) is 5.02 Å². The molecule has 0 spiro atoms. The number of nitrogens with two attached hydrogens (primary N) is 1. The molecule has 4 heteroatoms. The van der Waals surface area contributed by atoms with Crippen LogP contribution in [-0.4, -0.2) is 26.2 Å². The van der Waals surface area contributed by atoms with Crippen molar-refractivity contribution in [2.24, 2.45) is 11.7 Å². The molecule has 23 heavy (non-hydrogen) atoms. The van der Waals surface area contributed by atoms with Crippen LogP contribution in [0.1, 0.15) is 12.0 Å². The van der Waals surface area contributed by atoms with E-state index in [2.05, 4.69) is 23.1 Å². The van der Waals surface area contributed by atoms with E-state index in [1.165, 1.54) is 5.56 Å². The fourth-order valence-corrected chi connectivity index (χ4v) is 3.56. The second-order valence-electron chi connectivity index (χ2n) is 6.30. The SMILES string of the molecule is COc1ccc(CC2CC(N)CN(c3cccc(Cl)c3)C2)cc1. The maximum atomic E-state index is 6.30. The molecule has 1 aliphatic heterocycles. The van der Waals surface area contributed by atoms with Crippen LogP contribution in [0, 0.1) is 5.92 Å². The van der Waals surface area contributed by atoms with Crippen molar-refractivity contribution in [2.45, 2.75) is 18.9 Å². The molecule has 1 aliphatic rings. The standard InChI is InChI=1S/C19H23ClN2O/c1-23-19-7-5-14(6-8-19)9-15-10-17(21)13-22(12-15)18-4-2-3-16(20)11-18/h2-8,11,15,17H,9-10,12-13,21H2,1H3. The third-order valence-corrected chi connectivity index (χ3v) is 4.66. The van der Waals surface area contributed by atoms with Gasteiger partial charge < -0.3 is 15.4 Å². The Hall–Kier alpha value is -1.71. The molecule has 1 fully saturated rings. The van der Waals surface area contributed by atoms with Gasteiger partial charge in [-0.3, -0.25) is 0 Å². The van der Waals surface area contributed by atoms with E-state index in [9.17, 15) is 0 Å². The maximum absolute atomic E-state index is 6.30. The van der Waals surface area contributed by atoms with Crippen molar-refractivity contribution in [3.05, 3.63) is 59.1 Å². The topological polar surface area (TPSA) is 38.5 Å². The summed E-state index contributed by atoms with van der Waals surface area (Å²) in [5.41, 5.74) is 8.78. The minimum atomic E-state index is 0.200. The molecule has 3 nitrogen and oxygen atoms in total. The summed E-state index contributed by atoms with van der Waals surface area (Å²) in [6.07, 6.45) is 2.10. The number of anilines is 1. The molecule has 2 atom stereocenters. The Morgan fingerprint density at radius 1 is 1.17 bits per heavy atom. The fourth-order valence-electron chi connectivity index (χ4n) is 3.37. The lowest BCUT2D eigenvalue weighted by molar-refractivity contribution is 0.374. The molecule has 0 saturated carbocycles. The molecule has 2 N–H and O–H groups in total. The molecule has 0 bridgehead atoms. The Morgan fingerprint density at radius 2 is 1.96 bits per heavy atom. The van der Waals surface area contributed by atoms with E-state index in [-0.39, 0.29) is 6.04 Å². The summed E-state index contributed by atoms with van der Waals surface area (Å²) in [6.45, 7) is 1.90. The van der Waals surface area contributed by atoms with Crippen molar-refractivity contribution in [1.82, 2.24) is 0 Å². The number of hydrogen-bond acceptors (Lipinski definition) is 3. The smallest absolute Gasteiger partial charge is 0.118 e. The number of halogens is 1. The normalized spacial score (nSPS) is 21.3. The summed E-state index contributed by atoms with van der Waals surface area (Å²) >= 11 is 6.13. The summed E-state index contributed by atoms with van der Waals surface area (Å²) in [6, 6.07) is 16.6. The molecular formula is C19H23ClN2O. The summed E-state index contributed by atoms with van der Waals surface area (Å²) in [5, 5.41) is 0.772. The van der Waals surface area contributed by atoms with E-state index in [1.807, 2.05) is 30.3 Å². The average Bonchev–Trinajstić information content (AvgIpc) is 2.55. The van der Waals surface area contributed by atoms with Crippen molar-refractivity contribution in [3.63, 3.8) is 0 Å². The molecule has 2 aromatic carbocycles. The Morgan fingerprint density at radius 3 is 2.65 bits per heavy atom. The Kier molecular flexibility index (Phi) is 5.09. The van der Waals surface area contributed by atoms with Gasteiger partial charge in [0.2, 0.25) is 0 Å². The van der Waals surface area contributed by atoms with Gasteiger partial charge in [-0.25, -0.2) is 0 Å². The van der Waals surface area contributed by atoms with Crippen molar-refractivity contribution in [2.75, 3.05) is 25.1 Å². The van der Waals surface area contributed by atoms with Crippen LogP contribution >= 0.6 is 11.6 Å². The monoisotopic (exact) mass is 330 g/mol. The van der Waals surface area contributed by atoms with Gasteiger partial charge in [-0.15, -0.1) is 0 Å². The molecule has 2 unspecified atom stereocenters. The van der Waals surface area contributed by atoms with Crippen LogP contribution in [0.4, 0.5) is 5.69 Å². The van der Waals surface area contributed by atoms with Crippen LogP contribution < -0.4 is 15.4 Å². The first-order valence-electron chi connectivity index (χ1n) is 8.03. The van der Waals surface area contributed by atoms with E-state index in [0.29, 0.717) is 5.92 Å². The lowest BCUT2D eigenvalue weighted by atomic mass is 9.88. The number of rotatable bonds is 4.